The van der Waals surface area contributed by atoms with Crippen LogP contribution in [0.15, 0.2) is 12.3 Å². The standard InChI is InChI=1S/C15H23N3/c1-5-7-13(8-6-2)14-9-10-16-15-11(3)12(4)17-18(14)15/h9-10,13H,5-8H2,1-4H3. The van der Waals surface area contributed by atoms with E-state index in [0.29, 0.717) is 5.92 Å². The van der Waals surface area contributed by atoms with Crippen LogP contribution in [0.1, 0.15) is 62.4 Å². The van der Waals surface area contributed by atoms with Crippen LogP contribution in [0.4, 0.5) is 0 Å². The fourth-order valence-electron chi connectivity index (χ4n) is 2.63. The van der Waals surface area contributed by atoms with E-state index >= 15 is 0 Å². The van der Waals surface area contributed by atoms with Crippen molar-refractivity contribution in [3.05, 3.63) is 29.2 Å². The minimum atomic E-state index is 0.601. The van der Waals surface area contributed by atoms with E-state index in [1.165, 1.54) is 36.9 Å². The van der Waals surface area contributed by atoms with E-state index in [1.54, 1.807) is 0 Å². The summed E-state index contributed by atoms with van der Waals surface area (Å²) in [7, 11) is 0. The van der Waals surface area contributed by atoms with E-state index in [1.807, 2.05) is 6.20 Å². The average Bonchev–Trinajstić information content (AvgIpc) is 2.65. The van der Waals surface area contributed by atoms with Crippen LogP contribution in [0, 0.1) is 13.8 Å². The molecule has 0 aromatic carbocycles. The van der Waals surface area contributed by atoms with Crippen molar-refractivity contribution in [2.75, 3.05) is 0 Å². The van der Waals surface area contributed by atoms with Gasteiger partial charge in [-0.1, -0.05) is 26.7 Å². The Bertz CT molecular complexity index is 522. The Kier molecular flexibility index (Phi) is 4.00. The average molecular weight is 245 g/mol. The molecule has 98 valence electrons. The first-order chi connectivity index (χ1) is 8.69. The molecule has 2 aromatic rings. The van der Waals surface area contributed by atoms with E-state index in [-0.39, 0.29) is 0 Å². The van der Waals surface area contributed by atoms with E-state index in [2.05, 4.69) is 48.4 Å². The van der Waals surface area contributed by atoms with Crippen LogP contribution in [0.5, 0.6) is 0 Å². The summed E-state index contributed by atoms with van der Waals surface area (Å²) in [6, 6.07) is 2.13. The summed E-state index contributed by atoms with van der Waals surface area (Å²) < 4.78 is 2.06. The van der Waals surface area contributed by atoms with Gasteiger partial charge in [-0.3, -0.25) is 0 Å². The van der Waals surface area contributed by atoms with Gasteiger partial charge >= 0.3 is 0 Å². The lowest BCUT2D eigenvalue weighted by Gasteiger charge is -2.16. The minimum Gasteiger partial charge on any atom is -0.237 e. The van der Waals surface area contributed by atoms with Crippen LogP contribution in [-0.4, -0.2) is 14.6 Å². The lowest BCUT2D eigenvalue weighted by atomic mass is 9.94. The second-order valence-corrected chi connectivity index (χ2v) is 5.09. The molecule has 0 saturated carbocycles. The van der Waals surface area contributed by atoms with Gasteiger partial charge in [0.25, 0.3) is 0 Å². The quantitative estimate of drug-likeness (QED) is 0.796. The maximum Gasteiger partial charge on any atom is 0.158 e. The summed E-state index contributed by atoms with van der Waals surface area (Å²) in [5.74, 6) is 0.601. The Morgan fingerprint density at radius 3 is 2.44 bits per heavy atom. The molecule has 2 rings (SSSR count). The Morgan fingerprint density at radius 2 is 1.83 bits per heavy atom. The molecule has 0 amide bonds. The van der Waals surface area contributed by atoms with Gasteiger partial charge in [-0.25, -0.2) is 9.50 Å². The highest BCUT2D eigenvalue weighted by atomic mass is 15.3. The van der Waals surface area contributed by atoms with Crippen LogP contribution < -0.4 is 0 Å². The van der Waals surface area contributed by atoms with Gasteiger partial charge in [0.2, 0.25) is 0 Å². The highest BCUT2D eigenvalue weighted by Crippen LogP contribution is 2.27. The van der Waals surface area contributed by atoms with Crippen molar-refractivity contribution in [3.8, 4) is 0 Å². The Balaban J connectivity index is 2.51. The number of rotatable bonds is 5. The van der Waals surface area contributed by atoms with Crippen molar-refractivity contribution in [2.24, 2.45) is 0 Å². The van der Waals surface area contributed by atoms with Gasteiger partial charge < -0.3 is 0 Å². The maximum absolute atomic E-state index is 4.65. The molecular weight excluding hydrogens is 222 g/mol. The third kappa shape index (κ3) is 2.26. The van der Waals surface area contributed by atoms with E-state index in [4.69, 9.17) is 0 Å². The molecule has 0 N–H and O–H groups in total. The summed E-state index contributed by atoms with van der Waals surface area (Å²) in [6.07, 6.45) is 6.81. The third-order valence-electron chi connectivity index (χ3n) is 3.71. The highest BCUT2D eigenvalue weighted by molar-refractivity contribution is 5.49. The topological polar surface area (TPSA) is 30.2 Å². The van der Waals surface area contributed by atoms with E-state index < -0.39 is 0 Å². The first-order valence-electron chi connectivity index (χ1n) is 6.99. The number of aromatic nitrogens is 3. The Hall–Kier alpha value is -1.38. The lowest BCUT2D eigenvalue weighted by Crippen LogP contribution is -2.07. The molecule has 0 spiro atoms. The largest absolute Gasteiger partial charge is 0.237 e. The van der Waals surface area contributed by atoms with E-state index in [0.717, 1.165) is 11.3 Å². The molecule has 0 aliphatic carbocycles. The number of nitrogens with zero attached hydrogens (tertiary/aromatic N) is 3. The molecule has 3 heteroatoms. The molecule has 2 aromatic heterocycles. The third-order valence-corrected chi connectivity index (χ3v) is 3.71. The summed E-state index contributed by atoms with van der Waals surface area (Å²) >= 11 is 0. The fourth-order valence-corrected chi connectivity index (χ4v) is 2.63. The second-order valence-electron chi connectivity index (χ2n) is 5.09. The highest BCUT2D eigenvalue weighted by Gasteiger charge is 2.16. The molecule has 0 aliphatic rings. The number of fused-ring (bicyclic) bond motifs is 1. The molecule has 0 unspecified atom stereocenters. The molecule has 0 bridgehead atoms. The molecular formula is C15H23N3. The first kappa shape index (κ1) is 13.1. The number of hydrogen-bond donors (Lipinski definition) is 0. The van der Waals surface area contributed by atoms with Gasteiger partial charge in [-0.05, 0) is 32.8 Å². The Morgan fingerprint density at radius 1 is 1.17 bits per heavy atom. The monoisotopic (exact) mass is 245 g/mol. The van der Waals surface area contributed by atoms with Gasteiger partial charge in [0, 0.05) is 23.4 Å². The number of aryl methyl sites for hydroxylation is 2. The van der Waals surface area contributed by atoms with Crippen LogP contribution >= 0.6 is 0 Å². The molecule has 0 atom stereocenters. The van der Waals surface area contributed by atoms with Crippen molar-refractivity contribution < 1.29 is 0 Å². The van der Waals surface area contributed by atoms with Crippen LogP contribution in [0.3, 0.4) is 0 Å². The van der Waals surface area contributed by atoms with Gasteiger partial charge in [0.1, 0.15) is 0 Å². The molecule has 3 nitrogen and oxygen atoms in total. The van der Waals surface area contributed by atoms with Crippen molar-refractivity contribution in [2.45, 2.75) is 59.3 Å². The summed E-state index contributed by atoms with van der Waals surface area (Å²) in [4.78, 5) is 4.47. The van der Waals surface area contributed by atoms with E-state index in [9.17, 15) is 0 Å². The zero-order valence-electron chi connectivity index (χ0n) is 11.9. The van der Waals surface area contributed by atoms with Gasteiger partial charge in [0.15, 0.2) is 5.65 Å². The first-order valence-corrected chi connectivity index (χ1v) is 6.99. The van der Waals surface area contributed by atoms with Crippen molar-refractivity contribution in [1.29, 1.82) is 0 Å². The molecule has 0 fully saturated rings. The summed E-state index contributed by atoms with van der Waals surface area (Å²) in [6.45, 7) is 8.66. The molecule has 0 saturated heterocycles. The predicted octanol–water partition coefficient (Wildman–Crippen LogP) is 4.03. The van der Waals surface area contributed by atoms with Crippen molar-refractivity contribution >= 4 is 5.65 Å². The van der Waals surface area contributed by atoms with Crippen molar-refractivity contribution in [3.63, 3.8) is 0 Å². The smallest absolute Gasteiger partial charge is 0.158 e. The van der Waals surface area contributed by atoms with Crippen LogP contribution in [0.25, 0.3) is 5.65 Å². The van der Waals surface area contributed by atoms with Crippen LogP contribution in [0.2, 0.25) is 0 Å². The zero-order chi connectivity index (χ0) is 13.1. The zero-order valence-corrected chi connectivity index (χ0v) is 11.9. The normalized spacial score (nSPS) is 11.6. The molecule has 18 heavy (non-hydrogen) atoms. The summed E-state index contributed by atoms with van der Waals surface area (Å²) in [5.41, 5.74) is 4.62. The SMILES string of the molecule is CCCC(CCC)c1ccnc2c(C)c(C)nn12. The van der Waals surface area contributed by atoms with Crippen molar-refractivity contribution in [1.82, 2.24) is 14.6 Å². The minimum absolute atomic E-state index is 0.601. The molecule has 2 heterocycles. The van der Waals surface area contributed by atoms with Gasteiger partial charge in [-0.2, -0.15) is 5.10 Å². The van der Waals surface area contributed by atoms with Gasteiger partial charge in [0.05, 0.1) is 5.69 Å². The molecule has 0 radical (unpaired) electrons. The fraction of sp³-hybridized carbons (Fsp3) is 0.600. The van der Waals surface area contributed by atoms with Crippen LogP contribution in [-0.2, 0) is 0 Å². The lowest BCUT2D eigenvalue weighted by molar-refractivity contribution is 0.534. The van der Waals surface area contributed by atoms with Gasteiger partial charge in [-0.15, -0.1) is 0 Å². The predicted molar refractivity (Wildman–Crippen MR) is 75.0 cm³/mol. The second kappa shape index (κ2) is 5.51. The Labute approximate surface area is 109 Å². The summed E-state index contributed by atoms with van der Waals surface area (Å²) in [5, 5.41) is 4.65. The maximum atomic E-state index is 4.65. The number of hydrogen-bond acceptors (Lipinski definition) is 2. The molecule has 0 aliphatic heterocycles.